The van der Waals surface area contributed by atoms with Crippen molar-refractivity contribution in [2.75, 3.05) is 26.2 Å². The quantitative estimate of drug-likeness (QED) is 0.690. The standard InChI is InChI=1S/C8H17N3O4S/c1-3-15-8(12)10-16(13,14)11-5-4-9-6-7(11)2/h7,9H,3-6H2,1-2H3,(H,10,12)/t7-/m1/s1. The summed E-state index contributed by atoms with van der Waals surface area (Å²) < 4.78 is 31.2. The number of rotatable bonds is 3. The maximum absolute atomic E-state index is 11.8. The SMILES string of the molecule is CCOC(=O)NS(=O)(=O)N1CCNC[C@H]1C. The molecule has 0 spiro atoms. The van der Waals surface area contributed by atoms with Gasteiger partial charge < -0.3 is 10.1 Å². The normalized spacial score (nSPS) is 22.8. The second-order valence-electron chi connectivity index (χ2n) is 3.49. The van der Waals surface area contributed by atoms with Gasteiger partial charge in [0.05, 0.1) is 6.61 Å². The van der Waals surface area contributed by atoms with E-state index in [0.717, 1.165) is 0 Å². The smallest absolute Gasteiger partial charge is 0.421 e. The van der Waals surface area contributed by atoms with Crippen LogP contribution in [0.15, 0.2) is 0 Å². The average Bonchev–Trinajstić information content (AvgIpc) is 2.17. The molecule has 0 unspecified atom stereocenters. The Bertz CT molecular complexity index is 343. The lowest BCUT2D eigenvalue weighted by Crippen LogP contribution is -2.56. The molecular weight excluding hydrogens is 234 g/mol. The lowest BCUT2D eigenvalue weighted by Gasteiger charge is -2.32. The van der Waals surface area contributed by atoms with Crippen LogP contribution in [0.3, 0.4) is 0 Å². The molecule has 0 bridgehead atoms. The highest BCUT2D eigenvalue weighted by atomic mass is 32.2. The fourth-order valence-corrected chi connectivity index (χ4v) is 2.77. The van der Waals surface area contributed by atoms with Gasteiger partial charge in [0.25, 0.3) is 0 Å². The summed E-state index contributed by atoms with van der Waals surface area (Å²) in [6, 6.07) is -0.180. The molecule has 1 heterocycles. The van der Waals surface area contributed by atoms with Crippen LogP contribution in [0.25, 0.3) is 0 Å². The van der Waals surface area contributed by atoms with Gasteiger partial charge in [-0.2, -0.15) is 12.7 Å². The number of carbonyl (C=O) groups excluding carboxylic acids is 1. The molecule has 7 nitrogen and oxygen atoms in total. The summed E-state index contributed by atoms with van der Waals surface area (Å²) in [6.45, 7) is 5.02. The number of nitrogens with zero attached hydrogens (tertiary/aromatic N) is 1. The van der Waals surface area contributed by atoms with Crippen molar-refractivity contribution in [1.82, 2.24) is 14.3 Å². The van der Waals surface area contributed by atoms with Crippen molar-refractivity contribution in [2.24, 2.45) is 0 Å². The average molecular weight is 251 g/mol. The zero-order valence-electron chi connectivity index (χ0n) is 9.39. The fourth-order valence-electron chi connectivity index (χ4n) is 1.50. The minimum atomic E-state index is -3.79. The van der Waals surface area contributed by atoms with Gasteiger partial charge in [0.1, 0.15) is 0 Å². The van der Waals surface area contributed by atoms with Gasteiger partial charge in [-0.15, -0.1) is 0 Å². The zero-order chi connectivity index (χ0) is 12.2. The van der Waals surface area contributed by atoms with Crippen molar-refractivity contribution in [3.8, 4) is 0 Å². The van der Waals surface area contributed by atoms with Crippen LogP contribution in [0.1, 0.15) is 13.8 Å². The molecule has 0 radical (unpaired) electrons. The second-order valence-corrected chi connectivity index (χ2v) is 5.11. The summed E-state index contributed by atoms with van der Waals surface area (Å²) in [5.41, 5.74) is 0. The van der Waals surface area contributed by atoms with E-state index in [9.17, 15) is 13.2 Å². The lowest BCUT2D eigenvalue weighted by atomic mass is 10.3. The monoisotopic (exact) mass is 251 g/mol. The molecule has 0 aliphatic carbocycles. The van der Waals surface area contributed by atoms with Crippen LogP contribution in [0.2, 0.25) is 0 Å². The van der Waals surface area contributed by atoms with Crippen LogP contribution >= 0.6 is 0 Å². The number of carbonyl (C=O) groups is 1. The van der Waals surface area contributed by atoms with Crippen molar-refractivity contribution < 1.29 is 17.9 Å². The Morgan fingerprint density at radius 2 is 2.31 bits per heavy atom. The highest BCUT2D eigenvalue weighted by Gasteiger charge is 2.30. The maximum atomic E-state index is 11.8. The third-order valence-corrected chi connectivity index (χ3v) is 3.82. The molecule has 1 saturated heterocycles. The van der Waals surface area contributed by atoms with Crippen LogP contribution in [0.4, 0.5) is 4.79 Å². The minimum absolute atomic E-state index is 0.137. The number of ether oxygens (including phenoxy) is 1. The molecule has 8 heteroatoms. The Morgan fingerprint density at radius 3 is 2.88 bits per heavy atom. The summed E-state index contributed by atoms with van der Waals surface area (Å²) in [6.07, 6.45) is -0.937. The van der Waals surface area contributed by atoms with Crippen LogP contribution in [0, 0.1) is 0 Å². The fraction of sp³-hybridized carbons (Fsp3) is 0.875. The third kappa shape index (κ3) is 3.32. The molecule has 1 atom stereocenters. The lowest BCUT2D eigenvalue weighted by molar-refractivity contribution is 0.157. The summed E-state index contributed by atoms with van der Waals surface area (Å²) in [4.78, 5) is 11.1. The Morgan fingerprint density at radius 1 is 1.62 bits per heavy atom. The van der Waals surface area contributed by atoms with E-state index in [-0.39, 0.29) is 12.6 Å². The van der Waals surface area contributed by atoms with Crippen LogP contribution in [-0.2, 0) is 14.9 Å². The summed E-state index contributed by atoms with van der Waals surface area (Å²) in [5.74, 6) is 0. The molecule has 1 amide bonds. The van der Waals surface area contributed by atoms with Gasteiger partial charge in [-0.25, -0.2) is 9.52 Å². The van der Waals surface area contributed by atoms with Gasteiger partial charge in [0.2, 0.25) is 0 Å². The molecule has 2 N–H and O–H groups in total. The molecule has 0 aromatic heterocycles. The Hall–Kier alpha value is -0.860. The van der Waals surface area contributed by atoms with E-state index in [4.69, 9.17) is 0 Å². The van der Waals surface area contributed by atoms with Gasteiger partial charge in [0, 0.05) is 25.7 Å². The molecule has 1 aliphatic heterocycles. The van der Waals surface area contributed by atoms with Gasteiger partial charge in [-0.1, -0.05) is 0 Å². The first-order chi connectivity index (χ1) is 7.47. The molecule has 0 aromatic carbocycles. The van der Waals surface area contributed by atoms with E-state index >= 15 is 0 Å². The number of nitrogens with one attached hydrogen (secondary N) is 2. The Balaban J connectivity index is 2.65. The minimum Gasteiger partial charge on any atom is -0.449 e. The van der Waals surface area contributed by atoms with E-state index < -0.39 is 16.3 Å². The van der Waals surface area contributed by atoms with Gasteiger partial charge in [0.15, 0.2) is 0 Å². The predicted molar refractivity (Wildman–Crippen MR) is 58.1 cm³/mol. The summed E-state index contributed by atoms with van der Waals surface area (Å²) >= 11 is 0. The second kappa shape index (κ2) is 5.46. The Kier molecular flexibility index (Phi) is 4.51. The van der Waals surface area contributed by atoms with Crippen molar-refractivity contribution in [3.05, 3.63) is 0 Å². The molecule has 1 fully saturated rings. The highest BCUT2D eigenvalue weighted by Crippen LogP contribution is 2.07. The number of hydrogen-bond acceptors (Lipinski definition) is 5. The van der Waals surface area contributed by atoms with E-state index in [1.807, 2.05) is 4.72 Å². The largest absolute Gasteiger partial charge is 0.449 e. The maximum Gasteiger partial charge on any atom is 0.421 e. The van der Waals surface area contributed by atoms with Gasteiger partial charge in [-0.3, -0.25) is 0 Å². The van der Waals surface area contributed by atoms with Crippen LogP contribution in [-0.4, -0.2) is 51.1 Å². The van der Waals surface area contributed by atoms with E-state index in [1.54, 1.807) is 13.8 Å². The molecule has 0 saturated carbocycles. The zero-order valence-corrected chi connectivity index (χ0v) is 10.2. The van der Waals surface area contributed by atoms with Crippen molar-refractivity contribution in [1.29, 1.82) is 0 Å². The first kappa shape index (κ1) is 13.2. The number of amides is 1. The van der Waals surface area contributed by atoms with Gasteiger partial charge >= 0.3 is 16.3 Å². The number of hydrogen-bond donors (Lipinski definition) is 2. The molecule has 1 aliphatic rings. The van der Waals surface area contributed by atoms with Crippen LogP contribution < -0.4 is 10.0 Å². The van der Waals surface area contributed by atoms with Crippen molar-refractivity contribution in [3.63, 3.8) is 0 Å². The molecule has 94 valence electrons. The highest BCUT2D eigenvalue weighted by molar-refractivity contribution is 7.87. The third-order valence-electron chi connectivity index (χ3n) is 2.24. The molecule has 16 heavy (non-hydrogen) atoms. The summed E-state index contributed by atoms with van der Waals surface area (Å²) in [7, 11) is -3.79. The van der Waals surface area contributed by atoms with E-state index in [2.05, 4.69) is 10.1 Å². The predicted octanol–water partition coefficient (Wildman–Crippen LogP) is -0.729. The molecule has 0 aromatic rings. The number of piperazine rings is 1. The first-order valence-corrected chi connectivity index (χ1v) is 6.58. The van der Waals surface area contributed by atoms with E-state index in [1.165, 1.54) is 4.31 Å². The topological polar surface area (TPSA) is 87.7 Å². The molecular formula is C8H17N3O4S. The first-order valence-electron chi connectivity index (χ1n) is 5.14. The molecule has 1 rings (SSSR count). The van der Waals surface area contributed by atoms with E-state index in [0.29, 0.717) is 19.6 Å². The summed E-state index contributed by atoms with van der Waals surface area (Å²) in [5, 5.41) is 3.06. The van der Waals surface area contributed by atoms with Crippen LogP contribution in [0.5, 0.6) is 0 Å². The van der Waals surface area contributed by atoms with Crippen molar-refractivity contribution >= 4 is 16.3 Å². The Labute approximate surface area is 95.3 Å². The van der Waals surface area contributed by atoms with Gasteiger partial charge in [-0.05, 0) is 13.8 Å². The van der Waals surface area contributed by atoms with Crippen molar-refractivity contribution in [2.45, 2.75) is 19.9 Å².